The summed E-state index contributed by atoms with van der Waals surface area (Å²) in [4.78, 5) is 0. The Morgan fingerprint density at radius 1 is 1.22 bits per heavy atom. The number of piperidine rings is 1. The second kappa shape index (κ2) is 5.36. The molecule has 1 saturated heterocycles. The first-order valence-corrected chi connectivity index (χ1v) is 6.18. The van der Waals surface area contributed by atoms with E-state index >= 15 is 0 Å². The van der Waals surface area contributed by atoms with Gasteiger partial charge in [-0.05, 0) is 44.1 Å². The van der Waals surface area contributed by atoms with Gasteiger partial charge in [-0.15, -0.1) is 0 Å². The molecule has 6 heteroatoms. The summed E-state index contributed by atoms with van der Waals surface area (Å²) in [5.41, 5.74) is -0.153. The number of hydrogen-bond acceptors (Lipinski definition) is 2. The van der Waals surface area contributed by atoms with Crippen molar-refractivity contribution in [3.63, 3.8) is 0 Å². The number of nitrogens with one attached hydrogen (secondary N) is 2. The van der Waals surface area contributed by atoms with Crippen LogP contribution >= 0.6 is 11.6 Å². The van der Waals surface area contributed by atoms with Gasteiger partial charge in [0.2, 0.25) is 0 Å². The summed E-state index contributed by atoms with van der Waals surface area (Å²) < 4.78 is 37.4. The lowest BCUT2D eigenvalue weighted by Crippen LogP contribution is -2.35. The molecule has 2 rings (SSSR count). The summed E-state index contributed by atoms with van der Waals surface area (Å²) in [5.74, 6) is 0. The maximum Gasteiger partial charge on any atom is 0.416 e. The average Bonchev–Trinajstić information content (AvgIpc) is 2.32. The number of anilines is 1. The normalized spacial score (nSPS) is 17.8. The van der Waals surface area contributed by atoms with Crippen LogP contribution in [0.2, 0.25) is 5.02 Å². The lowest BCUT2D eigenvalue weighted by atomic mass is 10.1. The van der Waals surface area contributed by atoms with E-state index in [1.165, 1.54) is 6.07 Å². The van der Waals surface area contributed by atoms with Gasteiger partial charge >= 0.3 is 6.18 Å². The van der Waals surface area contributed by atoms with Crippen molar-refractivity contribution in [2.24, 2.45) is 0 Å². The monoisotopic (exact) mass is 278 g/mol. The van der Waals surface area contributed by atoms with E-state index in [4.69, 9.17) is 11.6 Å². The van der Waals surface area contributed by atoms with Crippen molar-refractivity contribution in [3.05, 3.63) is 28.8 Å². The molecule has 0 aliphatic carbocycles. The summed E-state index contributed by atoms with van der Waals surface area (Å²) in [7, 11) is 0. The lowest BCUT2D eigenvalue weighted by Gasteiger charge is -2.25. The minimum atomic E-state index is -4.35. The highest BCUT2D eigenvalue weighted by molar-refractivity contribution is 6.33. The van der Waals surface area contributed by atoms with Crippen molar-refractivity contribution in [1.82, 2.24) is 5.32 Å². The van der Waals surface area contributed by atoms with Crippen LogP contribution in [0.3, 0.4) is 0 Å². The van der Waals surface area contributed by atoms with Crippen LogP contribution in [0.4, 0.5) is 18.9 Å². The first-order chi connectivity index (χ1) is 8.47. The molecule has 1 aliphatic rings. The molecule has 0 aromatic heterocycles. The molecule has 1 heterocycles. The zero-order valence-corrected chi connectivity index (χ0v) is 10.4. The van der Waals surface area contributed by atoms with Gasteiger partial charge < -0.3 is 10.6 Å². The molecule has 0 atom stereocenters. The molecule has 0 saturated carbocycles. The van der Waals surface area contributed by atoms with E-state index in [-0.39, 0.29) is 11.1 Å². The van der Waals surface area contributed by atoms with E-state index < -0.39 is 11.7 Å². The third-order valence-corrected chi connectivity index (χ3v) is 3.31. The maximum absolute atomic E-state index is 12.5. The minimum Gasteiger partial charge on any atom is -0.381 e. The molecule has 0 bridgehead atoms. The van der Waals surface area contributed by atoms with Crippen molar-refractivity contribution >= 4 is 17.3 Å². The number of hydrogen-bond donors (Lipinski definition) is 2. The molecule has 1 fully saturated rings. The number of halogens is 4. The van der Waals surface area contributed by atoms with Gasteiger partial charge in [0.25, 0.3) is 0 Å². The lowest BCUT2D eigenvalue weighted by molar-refractivity contribution is -0.137. The van der Waals surface area contributed by atoms with Crippen LogP contribution in [0.1, 0.15) is 18.4 Å². The van der Waals surface area contributed by atoms with E-state index in [9.17, 15) is 13.2 Å². The molecule has 2 N–H and O–H groups in total. The predicted molar refractivity (Wildman–Crippen MR) is 66.0 cm³/mol. The van der Waals surface area contributed by atoms with Crippen LogP contribution in [0.5, 0.6) is 0 Å². The molecule has 1 aromatic carbocycles. The summed E-state index contributed by atoms with van der Waals surface area (Å²) in [5, 5.41) is 6.53. The molecule has 0 unspecified atom stereocenters. The smallest absolute Gasteiger partial charge is 0.381 e. The third-order valence-electron chi connectivity index (χ3n) is 3.00. The highest BCUT2D eigenvalue weighted by Crippen LogP contribution is 2.34. The van der Waals surface area contributed by atoms with Crippen molar-refractivity contribution in [1.29, 1.82) is 0 Å². The quantitative estimate of drug-likeness (QED) is 0.865. The van der Waals surface area contributed by atoms with Gasteiger partial charge in [0.1, 0.15) is 0 Å². The fourth-order valence-electron chi connectivity index (χ4n) is 1.99. The Kier molecular flexibility index (Phi) is 4.02. The Morgan fingerprint density at radius 2 is 1.89 bits per heavy atom. The van der Waals surface area contributed by atoms with E-state index in [0.717, 1.165) is 38.1 Å². The Morgan fingerprint density at radius 3 is 2.44 bits per heavy atom. The highest BCUT2D eigenvalue weighted by Gasteiger charge is 2.31. The van der Waals surface area contributed by atoms with Crippen LogP contribution in [0.15, 0.2) is 18.2 Å². The van der Waals surface area contributed by atoms with Gasteiger partial charge in [-0.25, -0.2) is 0 Å². The Bertz CT molecular complexity index is 414. The van der Waals surface area contributed by atoms with Crippen LogP contribution < -0.4 is 10.6 Å². The number of rotatable bonds is 2. The largest absolute Gasteiger partial charge is 0.416 e. The fourth-order valence-corrected chi connectivity index (χ4v) is 2.23. The SMILES string of the molecule is FC(F)(F)c1ccc(NC2CCNCC2)c(Cl)c1. The first kappa shape index (κ1) is 13.5. The predicted octanol–water partition coefficient (Wildman–Crippen LogP) is 3.52. The molecule has 18 heavy (non-hydrogen) atoms. The topological polar surface area (TPSA) is 24.1 Å². The second-order valence-corrected chi connectivity index (χ2v) is 4.77. The van der Waals surface area contributed by atoms with Gasteiger partial charge in [0.15, 0.2) is 0 Å². The Balaban J connectivity index is 2.09. The van der Waals surface area contributed by atoms with Crippen LogP contribution in [-0.4, -0.2) is 19.1 Å². The van der Waals surface area contributed by atoms with E-state index in [1.54, 1.807) is 0 Å². The van der Waals surface area contributed by atoms with Gasteiger partial charge in [-0.2, -0.15) is 13.2 Å². The number of alkyl halides is 3. The van der Waals surface area contributed by atoms with Crippen molar-refractivity contribution in [2.45, 2.75) is 25.1 Å². The fraction of sp³-hybridized carbons (Fsp3) is 0.500. The summed E-state index contributed by atoms with van der Waals surface area (Å²) >= 11 is 5.88. The van der Waals surface area contributed by atoms with E-state index in [1.807, 2.05) is 0 Å². The van der Waals surface area contributed by atoms with Gasteiger partial charge in [0.05, 0.1) is 16.3 Å². The third kappa shape index (κ3) is 3.29. The first-order valence-electron chi connectivity index (χ1n) is 5.81. The molecule has 0 radical (unpaired) electrons. The number of benzene rings is 1. The second-order valence-electron chi connectivity index (χ2n) is 4.36. The van der Waals surface area contributed by atoms with Crippen LogP contribution in [0.25, 0.3) is 0 Å². The maximum atomic E-state index is 12.5. The summed E-state index contributed by atoms with van der Waals surface area (Å²) in [6.07, 6.45) is -2.47. The van der Waals surface area contributed by atoms with Crippen molar-refractivity contribution in [3.8, 4) is 0 Å². The zero-order valence-electron chi connectivity index (χ0n) is 9.65. The molecule has 1 aromatic rings. The average molecular weight is 279 g/mol. The minimum absolute atomic E-state index is 0.114. The molecule has 100 valence electrons. The van der Waals surface area contributed by atoms with Gasteiger partial charge in [0, 0.05) is 6.04 Å². The van der Waals surface area contributed by atoms with E-state index in [2.05, 4.69) is 10.6 Å². The van der Waals surface area contributed by atoms with Crippen LogP contribution in [0, 0.1) is 0 Å². The zero-order chi connectivity index (χ0) is 13.2. The van der Waals surface area contributed by atoms with Crippen LogP contribution in [-0.2, 0) is 6.18 Å². The molecule has 1 aliphatic heterocycles. The molecule has 0 spiro atoms. The van der Waals surface area contributed by atoms with Crippen molar-refractivity contribution in [2.75, 3.05) is 18.4 Å². The molecule has 2 nitrogen and oxygen atoms in total. The Labute approximate surface area is 109 Å². The molecular weight excluding hydrogens is 265 g/mol. The standard InChI is InChI=1S/C12H14ClF3N2/c13-10-7-8(12(14,15)16)1-2-11(10)18-9-3-5-17-6-4-9/h1-2,7,9,17-18H,3-6H2. The van der Waals surface area contributed by atoms with Gasteiger partial charge in [-0.1, -0.05) is 11.6 Å². The summed E-state index contributed by atoms with van der Waals surface area (Å²) in [6.45, 7) is 1.83. The molecular formula is C12H14ClF3N2. The van der Waals surface area contributed by atoms with Crippen molar-refractivity contribution < 1.29 is 13.2 Å². The Hall–Kier alpha value is -0.940. The summed E-state index contributed by atoms with van der Waals surface area (Å²) in [6, 6.07) is 3.67. The molecule has 0 amide bonds. The highest BCUT2D eigenvalue weighted by atomic mass is 35.5. The van der Waals surface area contributed by atoms with E-state index in [0.29, 0.717) is 5.69 Å². The van der Waals surface area contributed by atoms with Gasteiger partial charge in [-0.3, -0.25) is 0 Å².